The van der Waals surface area contributed by atoms with Crippen LogP contribution in [-0.4, -0.2) is 27.5 Å². The SMILES string of the molecule is CCc1cc(CNC(CCO)C(C)(C)C)n(C)n1. The molecule has 0 aromatic carbocycles. The van der Waals surface area contributed by atoms with Gasteiger partial charge in [0.05, 0.1) is 11.4 Å². The Hall–Kier alpha value is -0.870. The van der Waals surface area contributed by atoms with Gasteiger partial charge in [-0.3, -0.25) is 4.68 Å². The highest BCUT2D eigenvalue weighted by Gasteiger charge is 2.23. The molecule has 1 rings (SSSR count). The van der Waals surface area contributed by atoms with E-state index in [0.717, 1.165) is 25.1 Å². The Morgan fingerprint density at radius 2 is 2.11 bits per heavy atom. The Labute approximate surface area is 110 Å². The summed E-state index contributed by atoms with van der Waals surface area (Å²) in [7, 11) is 1.98. The van der Waals surface area contributed by atoms with Crippen molar-refractivity contribution in [1.29, 1.82) is 0 Å². The number of nitrogens with one attached hydrogen (secondary N) is 1. The maximum atomic E-state index is 9.14. The van der Waals surface area contributed by atoms with Crippen LogP contribution in [-0.2, 0) is 20.0 Å². The standard InChI is InChI=1S/C14H27N3O/c1-6-11-9-12(17(5)16-11)10-15-13(7-8-18)14(2,3)4/h9,13,15,18H,6-8,10H2,1-5H3. The van der Waals surface area contributed by atoms with Crippen molar-refractivity contribution in [1.82, 2.24) is 15.1 Å². The molecule has 0 bridgehead atoms. The molecular weight excluding hydrogens is 226 g/mol. The molecule has 0 fully saturated rings. The van der Waals surface area contributed by atoms with Crippen molar-refractivity contribution in [3.63, 3.8) is 0 Å². The molecule has 1 heterocycles. The number of aliphatic hydroxyl groups excluding tert-OH is 1. The summed E-state index contributed by atoms with van der Waals surface area (Å²) in [5.74, 6) is 0. The highest BCUT2D eigenvalue weighted by Crippen LogP contribution is 2.22. The van der Waals surface area contributed by atoms with Gasteiger partial charge in [0.25, 0.3) is 0 Å². The first-order chi connectivity index (χ1) is 8.38. The van der Waals surface area contributed by atoms with E-state index < -0.39 is 0 Å². The van der Waals surface area contributed by atoms with Crippen LogP contribution in [0.4, 0.5) is 0 Å². The van der Waals surface area contributed by atoms with Gasteiger partial charge in [-0.2, -0.15) is 5.10 Å². The summed E-state index contributed by atoms with van der Waals surface area (Å²) in [4.78, 5) is 0. The first-order valence-electron chi connectivity index (χ1n) is 6.74. The highest BCUT2D eigenvalue weighted by atomic mass is 16.3. The Morgan fingerprint density at radius 3 is 2.56 bits per heavy atom. The molecule has 0 saturated heterocycles. The number of aliphatic hydroxyl groups is 1. The van der Waals surface area contributed by atoms with Crippen LogP contribution in [0.3, 0.4) is 0 Å². The fourth-order valence-corrected chi connectivity index (χ4v) is 2.11. The van der Waals surface area contributed by atoms with Crippen LogP contribution in [0.5, 0.6) is 0 Å². The van der Waals surface area contributed by atoms with Crippen LogP contribution in [0.25, 0.3) is 0 Å². The van der Waals surface area contributed by atoms with Gasteiger partial charge >= 0.3 is 0 Å². The molecule has 1 aromatic heterocycles. The van der Waals surface area contributed by atoms with E-state index in [1.54, 1.807) is 0 Å². The number of nitrogens with zero attached hydrogens (tertiary/aromatic N) is 2. The summed E-state index contributed by atoms with van der Waals surface area (Å²) in [6, 6.07) is 2.45. The van der Waals surface area contributed by atoms with Crippen molar-refractivity contribution in [3.05, 3.63) is 17.5 Å². The average Bonchev–Trinajstić information content (AvgIpc) is 2.64. The average molecular weight is 253 g/mol. The molecule has 1 unspecified atom stereocenters. The first-order valence-corrected chi connectivity index (χ1v) is 6.74. The van der Waals surface area contributed by atoms with Crippen LogP contribution in [0.1, 0.15) is 45.5 Å². The van der Waals surface area contributed by atoms with Gasteiger partial charge in [-0.15, -0.1) is 0 Å². The van der Waals surface area contributed by atoms with Crippen molar-refractivity contribution in [3.8, 4) is 0 Å². The zero-order valence-corrected chi connectivity index (χ0v) is 12.3. The smallest absolute Gasteiger partial charge is 0.0625 e. The fourth-order valence-electron chi connectivity index (χ4n) is 2.11. The second-order valence-corrected chi connectivity index (χ2v) is 5.92. The van der Waals surface area contributed by atoms with E-state index in [9.17, 15) is 0 Å². The summed E-state index contributed by atoms with van der Waals surface area (Å²) in [6.45, 7) is 9.72. The monoisotopic (exact) mass is 253 g/mol. The van der Waals surface area contributed by atoms with Crippen molar-refractivity contribution < 1.29 is 5.11 Å². The molecule has 18 heavy (non-hydrogen) atoms. The Balaban J connectivity index is 2.63. The predicted octanol–water partition coefficient (Wildman–Crippen LogP) is 1.87. The minimum atomic E-state index is 0.148. The molecule has 0 radical (unpaired) electrons. The van der Waals surface area contributed by atoms with Gasteiger partial charge in [0.1, 0.15) is 0 Å². The third-order valence-corrected chi connectivity index (χ3v) is 3.38. The third-order valence-electron chi connectivity index (χ3n) is 3.38. The lowest BCUT2D eigenvalue weighted by molar-refractivity contribution is 0.195. The van der Waals surface area contributed by atoms with Crippen LogP contribution in [0, 0.1) is 5.41 Å². The summed E-state index contributed by atoms with van der Waals surface area (Å²) in [5.41, 5.74) is 2.47. The molecule has 4 heteroatoms. The lowest BCUT2D eigenvalue weighted by Gasteiger charge is -2.31. The lowest BCUT2D eigenvalue weighted by Crippen LogP contribution is -2.40. The summed E-state index contributed by atoms with van der Waals surface area (Å²) < 4.78 is 1.94. The van der Waals surface area contributed by atoms with Crippen LogP contribution < -0.4 is 5.32 Å². The van der Waals surface area contributed by atoms with E-state index in [2.05, 4.69) is 44.2 Å². The van der Waals surface area contributed by atoms with Gasteiger partial charge in [0, 0.05) is 26.2 Å². The lowest BCUT2D eigenvalue weighted by atomic mass is 9.85. The van der Waals surface area contributed by atoms with E-state index >= 15 is 0 Å². The Bertz CT molecular complexity index is 366. The van der Waals surface area contributed by atoms with Crippen molar-refractivity contribution in [2.45, 2.75) is 53.1 Å². The maximum absolute atomic E-state index is 9.14. The van der Waals surface area contributed by atoms with Gasteiger partial charge in [0.2, 0.25) is 0 Å². The number of rotatable bonds is 6. The van der Waals surface area contributed by atoms with E-state index in [-0.39, 0.29) is 12.0 Å². The highest BCUT2D eigenvalue weighted by molar-refractivity contribution is 5.10. The molecule has 4 nitrogen and oxygen atoms in total. The largest absolute Gasteiger partial charge is 0.396 e. The van der Waals surface area contributed by atoms with Crippen LogP contribution >= 0.6 is 0 Å². The van der Waals surface area contributed by atoms with Crippen molar-refractivity contribution >= 4 is 0 Å². The maximum Gasteiger partial charge on any atom is 0.0625 e. The van der Waals surface area contributed by atoms with E-state index in [1.807, 2.05) is 11.7 Å². The second kappa shape index (κ2) is 6.34. The van der Waals surface area contributed by atoms with Crippen molar-refractivity contribution in [2.75, 3.05) is 6.61 Å². The summed E-state index contributed by atoms with van der Waals surface area (Å²) in [6.07, 6.45) is 1.75. The Kier molecular flexibility index (Phi) is 5.35. The van der Waals surface area contributed by atoms with Gasteiger partial charge in [-0.1, -0.05) is 27.7 Å². The zero-order valence-electron chi connectivity index (χ0n) is 12.3. The number of aromatic nitrogens is 2. The van der Waals surface area contributed by atoms with Crippen molar-refractivity contribution in [2.24, 2.45) is 12.5 Å². The molecule has 0 saturated carbocycles. The topological polar surface area (TPSA) is 50.1 Å². The van der Waals surface area contributed by atoms with Gasteiger partial charge in [-0.05, 0) is 24.3 Å². The van der Waals surface area contributed by atoms with E-state index in [0.29, 0.717) is 6.04 Å². The van der Waals surface area contributed by atoms with Crippen LogP contribution in [0.15, 0.2) is 6.07 Å². The number of hydrogen-bond donors (Lipinski definition) is 2. The molecule has 2 N–H and O–H groups in total. The normalized spacial score (nSPS) is 13.9. The summed E-state index contributed by atoms with van der Waals surface area (Å²) >= 11 is 0. The molecule has 104 valence electrons. The Morgan fingerprint density at radius 1 is 1.44 bits per heavy atom. The van der Waals surface area contributed by atoms with E-state index in [4.69, 9.17) is 5.11 Å². The molecule has 0 aliphatic carbocycles. The molecule has 0 amide bonds. The predicted molar refractivity (Wildman–Crippen MR) is 74.4 cm³/mol. The molecule has 0 aliphatic heterocycles. The van der Waals surface area contributed by atoms with Gasteiger partial charge in [-0.25, -0.2) is 0 Å². The quantitative estimate of drug-likeness (QED) is 0.813. The minimum Gasteiger partial charge on any atom is -0.396 e. The fraction of sp³-hybridized carbons (Fsp3) is 0.786. The molecule has 1 aromatic rings. The number of hydrogen-bond acceptors (Lipinski definition) is 3. The first kappa shape index (κ1) is 15.2. The molecular formula is C14H27N3O. The van der Waals surface area contributed by atoms with Gasteiger partial charge in [0.15, 0.2) is 0 Å². The number of aryl methyl sites for hydroxylation is 2. The second-order valence-electron chi connectivity index (χ2n) is 5.92. The molecule has 1 atom stereocenters. The molecule has 0 spiro atoms. The van der Waals surface area contributed by atoms with Gasteiger partial charge < -0.3 is 10.4 Å². The summed E-state index contributed by atoms with van der Waals surface area (Å²) in [5, 5.41) is 17.1. The third kappa shape index (κ3) is 4.10. The zero-order chi connectivity index (χ0) is 13.8. The minimum absolute atomic E-state index is 0.148. The van der Waals surface area contributed by atoms with Crippen LogP contribution in [0.2, 0.25) is 0 Å². The molecule has 0 aliphatic rings. The van der Waals surface area contributed by atoms with E-state index in [1.165, 1.54) is 5.69 Å².